The molecule has 0 N–H and O–H groups in total. The number of carbonyl (C=O) groups is 2. The Morgan fingerprint density at radius 1 is 1.00 bits per heavy atom. The molecule has 0 atom stereocenters. The summed E-state index contributed by atoms with van der Waals surface area (Å²) in [5.41, 5.74) is 3.75. The van der Waals surface area contributed by atoms with E-state index in [0.717, 1.165) is 27.6 Å². The summed E-state index contributed by atoms with van der Waals surface area (Å²) in [6.07, 6.45) is 4.08. The van der Waals surface area contributed by atoms with E-state index in [1.165, 1.54) is 4.90 Å². The van der Waals surface area contributed by atoms with Gasteiger partial charge >= 0.3 is 0 Å². The molecule has 2 aromatic heterocycles. The Balaban J connectivity index is 1.74. The minimum atomic E-state index is -0.200. The van der Waals surface area contributed by atoms with Gasteiger partial charge in [0.25, 0.3) is 0 Å². The van der Waals surface area contributed by atoms with Gasteiger partial charge in [0.1, 0.15) is 17.0 Å². The summed E-state index contributed by atoms with van der Waals surface area (Å²) in [5.74, 6) is 1.31. The maximum atomic E-state index is 12.5. The first-order valence-corrected chi connectivity index (χ1v) is 11.2. The average molecular weight is 476 g/mol. The van der Waals surface area contributed by atoms with Crippen molar-refractivity contribution in [2.75, 3.05) is 12.0 Å². The lowest BCUT2D eigenvalue weighted by Crippen LogP contribution is -2.29. The van der Waals surface area contributed by atoms with Crippen LogP contribution in [-0.4, -0.2) is 28.5 Å². The van der Waals surface area contributed by atoms with E-state index < -0.39 is 0 Å². The molecule has 172 valence electrons. The van der Waals surface area contributed by atoms with Crippen LogP contribution in [0.4, 0.5) is 5.69 Å². The Hall–Kier alpha value is -3.84. The van der Waals surface area contributed by atoms with Crippen molar-refractivity contribution in [3.8, 4) is 28.5 Å². The molecule has 4 aromatic rings. The van der Waals surface area contributed by atoms with Gasteiger partial charge in [-0.2, -0.15) is 0 Å². The summed E-state index contributed by atoms with van der Waals surface area (Å²) in [6.45, 7) is 1.86. The third-order valence-corrected chi connectivity index (χ3v) is 6.22. The van der Waals surface area contributed by atoms with Crippen molar-refractivity contribution in [3.05, 3.63) is 65.4 Å². The Morgan fingerprint density at radius 2 is 1.71 bits per heavy atom. The highest BCUT2D eigenvalue weighted by molar-refractivity contribution is 6.30. The van der Waals surface area contributed by atoms with Gasteiger partial charge in [-0.25, -0.2) is 4.98 Å². The van der Waals surface area contributed by atoms with E-state index in [0.29, 0.717) is 28.1 Å². The van der Waals surface area contributed by atoms with Gasteiger partial charge in [-0.3, -0.25) is 14.5 Å². The molecule has 0 bridgehead atoms. The summed E-state index contributed by atoms with van der Waals surface area (Å²) in [7, 11) is 3.50. The number of carbonyl (C=O) groups excluding carboxylic acids is 2. The van der Waals surface area contributed by atoms with Crippen LogP contribution in [-0.2, 0) is 16.6 Å². The Labute approximate surface area is 201 Å². The van der Waals surface area contributed by atoms with Gasteiger partial charge in [-0.1, -0.05) is 11.6 Å². The number of halogens is 1. The molecule has 0 saturated carbocycles. The predicted octanol–water partition coefficient (Wildman–Crippen LogP) is 5.66. The summed E-state index contributed by atoms with van der Waals surface area (Å²) in [5, 5.41) is 1.52. The average Bonchev–Trinajstić information content (AvgIpc) is 3.34. The number of imide groups is 1. The molecular formula is C26H22ClN3O4. The number of rotatable bonds is 5. The number of aryl methyl sites for hydroxylation is 2. The van der Waals surface area contributed by atoms with E-state index in [9.17, 15) is 9.59 Å². The molecule has 2 aromatic carbocycles. The fourth-order valence-electron chi connectivity index (χ4n) is 4.37. The molecule has 34 heavy (non-hydrogen) atoms. The first-order valence-electron chi connectivity index (χ1n) is 10.8. The van der Waals surface area contributed by atoms with Crippen LogP contribution < -0.4 is 14.4 Å². The number of nitrogens with zero attached hydrogens (tertiary/aromatic N) is 3. The molecule has 3 heterocycles. The second-order valence-corrected chi connectivity index (χ2v) is 8.62. The quantitative estimate of drug-likeness (QED) is 0.348. The maximum absolute atomic E-state index is 12.5. The number of hydrogen-bond acceptors (Lipinski definition) is 5. The number of fused-ring (bicyclic) bond motifs is 1. The summed E-state index contributed by atoms with van der Waals surface area (Å²) >= 11 is 6.04. The normalized spacial score (nSPS) is 13.7. The number of hydrogen-bond donors (Lipinski definition) is 0. The number of benzene rings is 2. The fraction of sp³-hybridized carbons (Fsp3) is 0.192. The van der Waals surface area contributed by atoms with Crippen molar-refractivity contribution in [1.29, 1.82) is 0 Å². The van der Waals surface area contributed by atoms with Crippen molar-refractivity contribution >= 4 is 40.0 Å². The Kier molecular flexibility index (Phi) is 5.49. The monoisotopic (exact) mass is 475 g/mol. The van der Waals surface area contributed by atoms with Crippen LogP contribution >= 0.6 is 11.6 Å². The van der Waals surface area contributed by atoms with Gasteiger partial charge in [0.2, 0.25) is 17.7 Å². The van der Waals surface area contributed by atoms with Gasteiger partial charge in [-0.05, 0) is 55.0 Å². The van der Waals surface area contributed by atoms with Crippen LogP contribution in [0.3, 0.4) is 0 Å². The molecule has 1 fully saturated rings. The van der Waals surface area contributed by atoms with E-state index >= 15 is 0 Å². The largest absolute Gasteiger partial charge is 0.479 e. The number of ether oxygens (including phenoxy) is 2. The molecule has 0 radical (unpaired) electrons. The highest BCUT2D eigenvalue weighted by Gasteiger charge is 2.32. The van der Waals surface area contributed by atoms with E-state index in [1.807, 2.05) is 42.9 Å². The van der Waals surface area contributed by atoms with Gasteiger partial charge in [0.05, 0.1) is 12.8 Å². The second-order valence-electron chi connectivity index (χ2n) is 8.18. The molecule has 0 aliphatic carbocycles. The van der Waals surface area contributed by atoms with Crippen LogP contribution in [0.2, 0.25) is 5.02 Å². The molecule has 1 saturated heterocycles. The Morgan fingerprint density at radius 3 is 2.38 bits per heavy atom. The second kappa shape index (κ2) is 8.50. The first-order chi connectivity index (χ1) is 16.4. The molecular weight excluding hydrogens is 454 g/mol. The zero-order valence-corrected chi connectivity index (χ0v) is 19.7. The van der Waals surface area contributed by atoms with Crippen LogP contribution in [0, 0.1) is 6.92 Å². The van der Waals surface area contributed by atoms with Crippen molar-refractivity contribution in [2.45, 2.75) is 19.8 Å². The number of anilines is 1. The molecule has 0 spiro atoms. The van der Waals surface area contributed by atoms with Crippen LogP contribution in [0.5, 0.6) is 17.4 Å². The smallest absolute Gasteiger partial charge is 0.238 e. The zero-order valence-electron chi connectivity index (χ0n) is 19.0. The summed E-state index contributed by atoms with van der Waals surface area (Å²) < 4.78 is 13.7. The van der Waals surface area contributed by atoms with Crippen LogP contribution in [0.15, 0.2) is 54.9 Å². The van der Waals surface area contributed by atoms with Gasteiger partial charge in [-0.15, -0.1) is 0 Å². The van der Waals surface area contributed by atoms with E-state index in [1.54, 1.807) is 37.6 Å². The minimum Gasteiger partial charge on any atom is -0.479 e. The SMILES string of the molecule is COc1nccc2c(-c3cc(N4C(=O)CCC4=O)c(C)cc3Oc3ccc(Cl)cc3)cn(C)c12. The highest BCUT2D eigenvalue weighted by atomic mass is 35.5. The van der Waals surface area contributed by atoms with Gasteiger partial charge in [0.15, 0.2) is 0 Å². The fourth-order valence-corrected chi connectivity index (χ4v) is 4.49. The van der Waals surface area contributed by atoms with Crippen molar-refractivity contribution < 1.29 is 19.1 Å². The van der Waals surface area contributed by atoms with Crippen molar-refractivity contribution in [2.24, 2.45) is 7.05 Å². The van der Waals surface area contributed by atoms with Crippen LogP contribution in [0.25, 0.3) is 22.0 Å². The molecule has 8 heteroatoms. The molecule has 0 unspecified atom stereocenters. The van der Waals surface area contributed by atoms with E-state index in [2.05, 4.69) is 4.98 Å². The molecule has 7 nitrogen and oxygen atoms in total. The lowest BCUT2D eigenvalue weighted by molar-refractivity contribution is -0.121. The van der Waals surface area contributed by atoms with Crippen molar-refractivity contribution in [3.63, 3.8) is 0 Å². The summed E-state index contributed by atoms with van der Waals surface area (Å²) in [4.78, 5) is 30.6. The minimum absolute atomic E-state index is 0.200. The highest BCUT2D eigenvalue weighted by Crippen LogP contribution is 2.43. The topological polar surface area (TPSA) is 73.7 Å². The molecule has 2 amide bonds. The lowest BCUT2D eigenvalue weighted by Gasteiger charge is -2.20. The predicted molar refractivity (Wildman–Crippen MR) is 131 cm³/mol. The maximum Gasteiger partial charge on any atom is 0.238 e. The zero-order chi connectivity index (χ0) is 24.0. The number of methoxy groups -OCH3 is 1. The summed E-state index contributed by atoms with van der Waals surface area (Å²) in [6, 6.07) is 12.7. The van der Waals surface area contributed by atoms with Crippen LogP contribution in [0.1, 0.15) is 18.4 Å². The Bertz CT molecular complexity index is 1430. The standard InChI is InChI=1S/C26H22ClN3O4/c1-15-12-22(34-17-6-4-16(27)5-7-17)19(13-21(15)30-23(31)8-9-24(30)32)20-14-29(2)25-18(20)10-11-28-26(25)33-3/h4-7,10-14H,8-9H2,1-3H3. The number of amides is 2. The molecule has 1 aliphatic heterocycles. The van der Waals surface area contributed by atoms with Gasteiger partial charge < -0.3 is 14.0 Å². The first kappa shape index (κ1) is 22.0. The molecule has 5 rings (SSSR count). The number of pyridine rings is 1. The van der Waals surface area contributed by atoms with E-state index in [-0.39, 0.29) is 24.7 Å². The van der Waals surface area contributed by atoms with Gasteiger partial charge in [0, 0.05) is 53.8 Å². The van der Waals surface area contributed by atoms with Crippen molar-refractivity contribution in [1.82, 2.24) is 9.55 Å². The number of aromatic nitrogens is 2. The third kappa shape index (κ3) is 3.68. The third-order valence-electron chi connectivity index (χ3n) is 5.97. The van der Waals surface area contributed by atoms with E-state index in [4.69, 9.17) is 21.1 Å². The lowest BCUT2D eigenvalue weighted by atomic mass is 10.0. The molecule has 1 aliphatic rings.